The van der Waals surface area contributed by atoms with Gasteiger partial charge in [-0.25, -0.2) is 0 Å². The minimum atomic E-state index is 0.423. The number of benzene rings is 3. The normalized spacial score (nSPS) is 11.1. The van der Waals surface area contributed by atoms with Gasteiger partial charge in [-0.15, -0.1) is 0 Å². The number of ether oxygens (including phenoxy) is 1. The Morgan fingerprint density at radius 3 is 2.46 bits per heavy atom. The monoisotopic (exact) mass is 383 g/mol. The van der Waals surface area contributed by atoms with Gasteiger partial charge in [-0.1, -0.05) is 41.4 Å². The van der Waals surface area contributed by atoms with E-state index in [0.717, 1.165) is 22.6 Å². The molecule has 26 heavy (non-hydrogen) atoms. The fraction of sp³-hybridized carbons (Fsp3) is 0.136. The molecule has 0 amide bonds. The minimum Gasteiger partial charge on any atom is -0.488 e. The molecule has 0 atom stereocenters. The minimum absolute atomic E-state index is 0.423. The summed E-state index contributed by atoms with van der Waals surface area (Å²) in [5, 5.41) is 1.33. The van der Waals surface area contributed by atoms with Crippen molar-refractivity contribution in [3.8, 4) is 5.75 Å². The van der Waals surface area contributed by atoms with E-state index in [9.17, 15) is 0 Å². The van der Waals surface area contributed by atoms with Gasteiger partial charge in [0.15, 0.2) is 0 Å². The third-order valence-electron chi connectivity index (χ3n) is 4.10. The molecule has 2 nitrogen and oxygen atoms in total. The lowest BCUT2D eigenvalue weighted by Crippen LogP contribution is -1.98. The van der Waals surface area contributed by atoms with Crippen LogP contribution in [-0.2, 0) is 6.61 Å². The standard InChI is InChI=1S/C22H19Cl2NO/c1-15-6-8-21(10-16(15)2)25-13-18-12-20(24)7-9-22(18)26-14-17-4-3-5-19(23)11-17/h3-13H,14H2,1-2H3. The molecular weight excluding hydrogens is 365 g/mol. The topological polar surface area (TPSA) is 21.6 Å². The second kappa shape index (κ2) is 8.39. The Labute approximate surface area is 164 Å². The van der Waals surface area contributed by atoms with Crippen LogP contribution in [0.2, 0.25) is 10.0 Å². The molecule has 0 radical (unpaired) electrons. The van der Waals surface area contributed by atoms with Gasteiger partial charge in [0.1, 0.15) is 12.4 Å². The molecule has 0 aromatic heterocycles. The Bertz CT molecular complexity index is 951. The fourth-order valence-electron chi connectivity index (χ4n) is 2.49. The summed E-state index contributed by atoms with van der Waals surface area (Å²) in [6, 6.07) is 19.2. The molecular formula is C22H19Cl2NO. The van der Waals surface area contributed by atoms with E-state index in [1.165, 1.54) is 11.1 Å². The maximum Gasteiger partial charge on any atom is 0.128 e. The highest BCUT2D eigenvalue weighted by Gasteiger charge is 2.05. The molecule has 0 N–H and O–H groups in total. The summed E-state index contributed by atoms with van der Waals surface area (Å²) in [5.41, 5.74) is 5.19. The zero-order chi connectivity index (χ0) is 18.5. The van der Waals surface area contributed by atoms with Gasteiger partial charge >= 0.3 is 0 Å². The van der Waals surface area contributed by atoms with Crippen LogP contribution >= 0.6 is 23.2 Å². The second-order valence-corrected chi connectivity index (χ2v) is 7.00. The molecule has 0 saturated heterocycles. The summed E-state index contributed by atoms with van der Waals surface area (Å²) in [7, 11) is 0. The molecule has 0 heterocycles. The Morgan fingerprint density at radius 2 is 1.69 bits per heavy atom. The molecule has 0 unspecified atom stereocenters. The Hall–Kier alpha value is -2.29. The number of aryl methyl sites for hydroxylation is 2. The Balaban J connectivity index is 1.81. The van der Waals surface area contributed by atoms with Crippen LogP contribution in [0, 0.1) is 13.8 Å². The Morgan fingerprint density at radius 1 is 0.885 bits per heavy atom. The summed E-state index contributed by atoms with van der Waals surface area (Å²) in [4.78, 5) is 4.56. The highest BCUT2D eigenvalue weighted by Crippen LogP contribution is 2.24. The predicted octanol–water partition coefficient (Wildman–Crippen LogP) is 6.94. The van der Waals surface area contributed by atoms with Gasteiger partial charge in [0.25, 0.3) is 0 Å². The first kappa shape index (κ1) is 18.5. The highest BCUT2D eigenvalue weighted by molar-refractivity contribution is 6.31. The SMILES string of the molecule is Cc1ccc(N=Cc2cc(Cl)ccc2OCc2cccc(Cl)c2)cc1C. The molecule has 3 aromatic carbocycles. The molecule has 4 heteroatoms. The second-order valence-electron chi connectivity index (χ2n) is 6.13. The highest BCUT2D eigenvalue weighted by atomic mass is 35.5. The smallest absolute Gasteiger partial charge is 0.128 e. The van der Waals surface area contributed by atoms with Crippen molar-refractivity contribution in [2.75, 3.05) is 0 Å². The molecule has 0 fully saturated rings. The van der Waals surface area contributed by atoms with E-state index in [4.69, 9.17) is 27.9 Å². The van der Waals surface area contributed by atoms with Crippen molar-refractivity contribution in [3.63, 3.8) is 0 Å². The lowest BCUT2D eigenvalue weighted by atomic mass is 10.1. The summed E-state index contributed by atoms with van der Waals surface area (Å²) in [6.07, 6.45) is 1.78. The van der Waals surface area contributed by atoms with Crippen LogP contribution in [0.25, 0.3) is 0 Å². The van der Waals surface area contributed by atoms with E-state index >= 15 is 0 Å². The van der Waals surface area contributed by atoms with E-state index in [1.807, 2.05) is 48.5 Å². The lowest BCUT2D eigenvalue weighted by Gasteiger charge is -2.10. The van der Waals surface area contributed by atoms with Gasteiger partial charge in [0, 0.05) is 21.8 Å². The zero-order valence-electron chi connectivity index (χ0n) is 14.7. The summed E-state index contributed by atoms with van der Waals surface area (Å²) < 4.78 is 5.96. The third kappa shape index (κ3) is 4.87. The average molecular weight is 384 g/mol. The maximum atomic E-state index is 6.15. The first-order valence-corrected chi connectivity index (χ1v) is 9.05. The van der Waals surface area contributed by atoms with Crippen molar-refractivity contribution >= 4 is 35.1 Å². The van der Waals surface area contributed by atoms with Crippen LogP contribution in [0.15, 0.2) is 65.7 Å². The van der Waals surface area contributed by atoms with Gasteiger partial charge < -0.3 is 4.74 Å². The van der Waals surface area contributed by atoms with Crippen LogP contribution in [0.3, 0.4) is 0 Å². The van der Waals surface area contributed by atoms with Crippen molar-refractivity contribution in [1.29, 1.82) is 0 Å². The number of halogens is 2. The number of nitrogens with zero attached hydrogens (tertiary/aromatic N) is 1. The fourth-order valence-corrected chi connectivity index (χ4v) is 2.88. The van der Waals surface area contributed by atoms with E-state index in [2.05, 4.69) is 31.0 Å². The molecule has 0 saturated carbocycles. The zero-order valence-corrected chi connectivity index (χ0v) is 16.2. The molecule has 0 aliphatic heterocycles. The summed E-state index contributed by atoms with van der Waals surface area (Å²) in [6.45, 7) is 4.58. The van der Waals surface area contributed by atoms with Crippen LogP contribution in [-0.4, -0.2) is 6.21 Å². The van der Waals surface area contributed by atoms with E-state index in [0.29, 0.717) is 16.7 Å². The van der Waals surface area contributed by atoms with Crippen LogP contribution in [0.5, 0.6) is 5.75 Å². The Kier molecular flexibility index (Phi) is 5.97. The maximum absolute atomic E-state index is 6.15. The molecule has 3 aromatic rings. The van der Waals surface area contributed by atoms with Crippen molar-refractivity contribution in [1.82, 2.24) is 0 Å². The van der Waals surface area contributed by atoms with Gasteiger partial charge in [-0.2, -0.15) is 0 Å². The number of hydrogen-bond acceptors (Lipinski definition) is 2. The number of aliphatic imine (C=N–C) groups is 1. The quantitative estimate of drug-likeness (QED) is 0.437. The first-order valence-electron chi connectivity index (χ1n) is 8.29. The van der Waals surface area contributed by atoms with E-state index in [1.54, 1.807) is 6.21 Å². The van der Waals surface area contributed by atoms with E-state index in [-0.39, 0.29) is 0 Å². The van der Waals surface area contributed by atoms with Crippen LogP contribution in [0.4, 0.5) is 5.69 Å². The predicted molar refractivity (Wildman–Crippen MR) is 110 cm³/mol. The van der Waals surface area contributed by atoms with Crippen molar-refractivity contribution in [2.45, 2.75) is 20.5 Å². The third-order valence-corrected chi connectivity index (χ3v) is 4.57. The molecule has 132 valence electrons. The number of rotatable bonds is 5. The molecule has 0 aliphatic rings. The van der Waals surface area contributed by atoms with Crippen molar-refractivity contribution < 1.29 is 4.74 Å². The summed E-state index contributed by atoms with van der Waals surface area (Å²) in [5.74, 6) is 0.724. The van der Waals surface area contributed by atoms with E-state index < -0.39 is 0 Å². The van der Waals surface area contributed by atoms with Gasteiger partial charge in [-0.05, 0) is 73.0 Å². The summed E-state index contributed by atoms with van der Waals surface area (Å²) >= 11 is 12.2. The van der Waals surface area contributed by atoms with Crippen molar-refractivity contribution in [2.24, 2.45) is 4.99 Å². The molecule has 3 rings (SSSR count). The molecule has 0 bridgehead atoms. The molecule has 0 spiro atoms. The first-order chi connectivity index (χ1) is 12.5. The van der Waals surface area contributed by atoms with Gasteiger partial charge in [-0.3, -0.25) is 4.99 Å². The largest absolute Gasteiger partial charge is 0.488 e. The lowest BCUT2D eigenvalue weighted by molar-refractivity contribution is 0.306. The van der Waals surface area contributed by atoms with Crippen LogP contribution < -0.4 is 4.74 Å². The van der Waals surface area contributed by atoms with Crippen molar-refractivity contribution in [3.05, 3.63) is 93.0 Å². The average Bonchev–Trinajstić information content (AvgIpc) is 2.62. The van der Waals surface area contributed by atoms with Gasteiger partial charge in [0.05, 0.1) is 5.69 Å². The number of hydrogen-bond donors (Lipinski definition) is 0. The molecule has 0 aliphatic carbocycles. The van der Waals surface area contributed by atoms with Crippen LogP contribution in [0.1, 0.15) is 22.3 Å². The van der Waals surface area contributed by atoms with Gasteiger partial charge in [0.2, 0.25) is 0 Å².